The van der Waals surface area contributed by atoms with E-state index in [0.717, 1.165) is 0 Å². The zero-order valence-electron chi connectivity index (χ0n) is 7.97. The van der Waals surface area contributed by atoms with Crippen LogP contribution in [0.25, 0.3) is 11.0 Å². The summed E-state index contributed by atoms with van der Waals surface area (Å²) in [6, 6.07) is 2.80. The van der Waals surface area contributed by atoms with Crippen LogP contribution in [0.15, 0.2) is 16.9 Å². The van der Waals surface area contributed by atoms with Gasteiger partial charge in [0.1, 0.15) is 17.9 Å². The van der Waals surface area contributed by atoms with Crippen LogP contribution in [0.4, 0.5) is 8.78 Å². The van der Waals surface area contributed by atoms with E-state index in [-0.39, 0.29) is 16.8 Å². The van der Waals surface area contributed by atoms with Crippen LogP contribution in [0.5, 0.6) is 0 Å². The molecule has 0 aliphatic heterocycles. The summed E-state index contributed by atoms with van der Waals surface area (Å²) in [5.41, 5.74) is -0.00124. The molecule has 1 N–H and O–H groups in total. The van der Waals surface area contributed by atoms with Gasteiger partial charge in [-0.3, -0.25) is 4.79 Å². The topological polar surface area (TPSA) is 45.8 Å². The molecule has 78 valence electrons. The Hall–Kier alpha value is -1.78. The molecule has 1 aromatic heterocycles. The lowest BCUT2D eigenvalue weighted by molar-refractivity contribution is 0.465. The number of aryl methyl sites for hydroxylation is 1. The van der Waals surface area contributed by atoms with E-state index in [1.54, 1.807) is 0 Å². The summed E-state index contributed by atoms with van der Waals surface area (Å²) in [6.07, 6.45) is 0. The van der Waals surface area contributed by atoms with Crippen molar-refractivity contribution in [2.45, 2.75) is 13.6 Å². The van der Waals surface area contributed by atoms with Crippen molar-refractivity contribution in [1.82, 2.24) is 9.97 Å². The van der Waals surface area contributed by atoms with Gasteiger partial charge >= 0.3 is 0 Å². The molecule has 1 aromatic carbocycles. The number of alkyl halides is 1. The summed E-state index contributed by atoms with van der Waals surface area (Å²) < 4.78 is 25.9. The van der Waals surface area contributed by atoms with Crippen LogP contribution >= 0.6 is 0 Å². The Labute approximate surface area is 83.8 Å². The van der Waals surface area contributed by atoms with Crippen molar-refractivity contribution in [2.24, 2.45) is 0 Å². The second kappa shape index (κ2) is 3.42. The smallest absolute Gasteiger partial charge is 0.269 e. The van der Waals surface area contributed by atoms with Gasteiger partial charge in [0.25, 0.3) is 5.56 Å². The number of hydrogen-bond acceptors (Lipinski definition) is 2. The van der Waals surface area contributed by atoms with Gasteiger partial charge < -0.3 is 4.98 Å². The fourth-order valence-electron chi connectivity index (χ4n) is 1.36. The normalized spacial score (nSPS) is 10.9. The van der Waals surface area contributed by atoms with E-state index in [9.17, 15) is 13.6 Å². The van der Waals surface area contributed by atoms with Crippen LogP contribution in [-0.2, 0) is 6.67 Å². The predicted octanol–water partition coefficient (Wildman–Crippen LogP) is 1.84. The Morgan fingerprint density at radius 3 is 2.87 bits per heavy atom. The number of nitrogens with zero attached hydrogens (tertiary/aromatic N) is 1. The van der Waals surface area contributed by atoms with E-state index in [1.807, 2.05) is 0 Å². The Morgan fingerprint density at radius 1 is 1.47 bits per heavy atom. The van der Waals surface area contributed by atoms with E-state index in [1.165, 1.54) is 19.1 Å². The third-order valence-electron chi connectivity index (χ3n) is 2.20. The van der Waals surface area contributed by atoms with E-state index in [0.29, 0.717) is 5.52 Å². The Morgan fingerprint density at radius 2 is 2.20 bits per heavy atom. The fourth-order valence-corrected chi connectivity index (χ4v) is 1.36. The third kappa shape index (κ3) is 1.49. The molecule has 2 rings (SSSR count). The molecule has 0 atom stereocenters. The molecule has 0 spiro atoms. The molecule has 0 radical (unpaired) electrons. The van der Waals surface area contributed by atoms with Crippen LogP contribution in [0.3, 0.4) is 0 Å². The summed E-state index contributed by atoms with van der Waals surface area (Å²) >= 11 is 0. The lowest BCUT2D eigenvalue weighted by Crippen LogP contribution is -2.12. The maximum atomic E-state index is 13.5. The first-order valence-electron chi connectivity index (χ1n) is 4.37. The average molecular weight is 210 g/mol. The van der Waals surface area contributed by atoms with Gasteiger partial charge in [0.15, 0.2) is 5.82 Å². The van der Waals surface area contributed by atoms with Gasteiger partial charge in [-0.05, 0) is 13.0 Å². The zero-order chi connectivity index (χ0) is 11.0. The SMILES string of the molecule is Cc1nc2ccc(CF)c(F)c2[nH]c1=O. The molecule has 2 aromatic rings. The molecule has 5 heteroatoms. The summed E-state index contributed by atoms with van der Waals surface area (Å²) in [5, 5.41) is 0. The Bertz CT molecular complexity index is 577. The number of fused-ring (bicyclic) bond motifs is 1. The predicted molar refractivity (Wildman–Crippen MR) is 51.9 cm³/mol. The third-order valence-corrected chi connectivity index (χ3v) is 2.20. The first-order chi connectivity index (χ1) is 7.13. The number of rotatable bonds is 1. The first-order valence-corrected chi connectivity index (χ1v) is 4.37. The highest BCUT2D eigenvalue weighted by atomic mass is 19.1. The summed E-state index contributed by atoms with van der Waals surface area (Å²) in [5.74, 6) is -0.750. The van der Waals surface area contributed by atoms with Gasteiger partial charge in [-0.25, -0.2) is 13.8 Å². The van der Waals surface area contributed by atoms with Gasteiger partial charge in [0.05, 0.1) is 5.52 Å². The number of aromatic amines is 1. The Kier molecular flexibility index (Phi) is 2.22. The van der Waals surface area contributed by atoms with Crippen LogP contribution in [0.1, 0.15) is 11.3 Å². The van der Waals surface area contributed by atoms with Gasteiger partial charge in [-0.2, -0.15) is 0 Å². The maximum absolute atomic E-state index is 13.5. The highest BCUT2D eigenvalue weighted by Crippen LogP contribution is 2.17. The molecule has 0 saturated carbocycles. The molecule has 0 saturated heterocycles. The Balaban J connectivity index is 2.87. The highest BCUT2D eigenvalue weighted by molar-refractivity contribution is 5.75. The molecule has 3 nitrogen and oxygen atoms in total. The van der Waals surface area contributed by atoms with E-state index < -0.39 is 18.1 Å². The standard InChI is InChI=1S/C10H8F2N2O/c1-5-10(15)14-9-7(13-5)3-2-6(4-11)8(9)12/h2-3H,4H2,1H3,(H,14,15). The molecular weight excluding hydrogens is 202 g/mol. The molecule has 0 aliphatic carbocycles. The second-order valence-electron chi connectivity index (χ2n) is 3.22. The minimum Gasteiger partial charge on any atom is -0.317 e. The maximum Gasteiger partial charge on any atom is 0.269 e. The lowest BCUT2D eigenvalue weighted by atomic mass is 10.2. The summed E-state index contributed by atoms with van der Waals surface area (Å²) in [7, 11) is 0. The number of nitrogens with one attached hydrogen (secondary N) is 1. The van der Waals surface area contributed by atoms with Crippen molar-refractivity contribution < 1.29 is 8.78 Å². The summed E-state index contributed by atoms with van der Waals surface area (Å²) in [4.78, 5) is 17.5. The number of hydrogen-bond donors (Lipinski definition) is 1. The number of benzene rings is 1. The second-order valence-corrected chi connectivity index (χ2v) is 3.22. The van der Waals surface area contributed by atoms with Crippen molar-refractivity contribution in [3.05, 3.63) is 39.6 Å². The van der Waals surface area contributed by atoms with Crippen LogP contribution in [-0.4, -0.2) is 9.97 Å². The average Bonchev–Trinajstić information content (AvgIpc) is 2.22. The summed E-state index contributed by atoms with van der Waals surface area (Å²) in [6.45, 7) is 0.622. The first kappa shape index (κ1) is 9.76. The van der Waals surface area contributed by atoms with Crippen molar-refractivity contribution in [3.8, 4) is 0 Å². The monoisotopic (exact) mass is 210 g/mol. The molecule has 15 heavy (non-hydrogen) atoms. The van der Waals surface area contributed by atoms with Gasteiger partial charge in [-0.1, -0.05) is 6.07 Å². The molecule has 1 heterocycles. The van der Waals surface area contributed by atoms with Gasteiger partial charge in [0, 0.05) is 5.56 Å². The molecule has 0 unspecified atom stereocenters. The minimum atomic E-state index is -0.905. The van der Waals surface area contributed by atoms with E-state index in [4.69, 9.17) is 0 Å². The highest BCUT2D eigenvalue weighted by Gasteiger charge is 2.09. The number of aromatic nitrogens is 2. The zero-order valence-corrected chi connectivity index (χ0v) is 7.97. The van der Waals surface area contributed by atoms with Crippen molar-refractivity contribution in [1.29, 1.82) is 0 Å². The lowest BCUT2D eigenvalue weighted by Gasteiger charge is -2.03. The largest absolute Gasteiger partial charge is 0.317 e. The quantitative estimate of drug-likeness (QED) is 0.780. The number of H-pyrrole nitrogens is 1. The number of halogens is 2. The van der Waals surface area contributed by atoms with Crippen molar-refractivity contribution in [3.63, 3.8) is 0 Å². The van der Waals surface area contributed by atoms with Crippen molar-refractivity contribution in [2.75, 3.05) is 0 Å². The molecule has 0 aliphatic rings. The van der Waals surface area contributed by atoms with E-state index >= 15 is 0 Å². The van der Waals surface area contributed by atoms with E-state index in [2.05, 4.69) is 9.97 Å². The molecule has 0 amide bonds. The fraction of sp³-hybridized carbons (Fsp3) is 0.200. The molecular formula is C10H8F2N2O. The van der Waals surface area contributed by atoms with Gasteiger partial charge in [-0.15, -0.1) is 0 Å². The van der Waals surface area contributed by atoms with Crippen LogP contribution in [0, 0.1) is 12.7 Å². The molecule has 0 fully saturated rings. The van der Waals surface area contributed by atoms with Crippen LogP contribution < -0.4 is 5.56 Å². The van der Waals surface area contributed by atoms with Crippen LogP contribution in [0.2, 0.25) is 0 Å². The minimum absolute atomic E-state index is 0.0410. The van der Waals surface area contributed by atoms with Crippen molar-refractivity contribution >= 4 is 11.0 Å². The van der Waals surface area contributed by atoms with Gasteiger partial charge in [0.2, 0.25) is 0 Å². The molecule has 0 bridgehead atoms.